The molecule has 0 N–H and O–H groups in total. The standard InChI is InChI=1S/C17H18N2O/c1-12(20)5-8-17-18-10-9-16(19-17)15-7-6-13-3-2-4-14(13)11-15/h6-7,9-11H,2-5,8H2,1H3. The van der Waals surface area contributed by atoms with Crippen molar-refractivity contribution in [3.05, 3.63) is 47.4 Å². The third kappa shape index (κ3) is 2.77. The fraction of sp³-hybridized carbons (Fsp3) is 0.353. The van der Waals surface area contributed by atoms with Crippen molar-refractivity contribution in [1.29, 1.82) is 0 Å². The summed E-state index contributed by atoms with van der Waals surface area (Å²) in [6, 6.07) is 8.55. The van der Waals surface area contributed by atoms with Crippen LogP contribution < -0.4 is 0 Å². The molecule has 102 valence electrons. The van der Waals surface area contributed by atoms with E-state index in [2.05, 4.69) is 28.2 Å². The summed E-state index contributed by atoms with van der Waals surface area (Å²) in [6.45, 7) is 1.60. The van der Waals surface area contributed by atoms with Crippen LogP contribution in [0.4, 0.5) is 0 Å². The number of Topliss-reactive ketones (excluding diaryl/α,β-unsaturated/α-hetero) is 1. The number of hydrogen-bond acceptors (Lipinski definition) is 3. The van der Waals surface area contributed by atoms with Crippen molar-refractivity contribution in [2.45, 2.75) is 39.0 Å². The number of carbonyl (C=O) groups is 1. The highest BCUT2D eigenvalue weighted by Gasteiger charge is 2.12. The summed E-state index contributed by atoms with van der Waals surface area (Å²) in [7, 11) is 0. The molecular weight excluding hydrogens is 248 g/mol. The van der Waals surface area contributed by atoms with Crippen LogP contribution in [0.25, 0.3) is 11.3 Å². The number of carbonyl (C=O) groups excluding carboxylic acids is 1. The summed E-state index contributed by atoms with van der Waals surface area (Å²) >= 11 is 0. The van der Waals surface area contributed by atoms with Crippen molar-refractivity contribution < 1.29 is 4.79 Å². The van der Waals surface area contributed by atoms with Crippen LogP contribution in [0.2, 0.25) is 0 Å². The van der Waals surface area contributed by atoms with Gasteiger partial charge in [-0.3, -0.25) is 0 Å². The molecule has 0 unspecified atom stereocenters. The zero-order chi connectivity index (χ0) is 13.9. The van der Waals surface area contributed by atoms with Crippen molar-refractivity contribution in [3.8, 4) is 11.3 Å². The number of aryl methyl sites for hydroxylation is 3. The summed E-state index contributed by atoms with van der Waals surface area (Å²) in [4.78, 5) is 19.9. The van der Waals surface area contributed by atoms with Crippen LogP contribution in [0.15, 0.2) is 30.5 Å². The van der Waals surface area contributed by atoms with Crippen LogP contribution in [0, 0.1) is 0 Å². The van der Waals surface area contributed by atoms with E-state index in [9.17, 15) is 4.79 Å². The summed E-state index contributed by atoms with van der Waals surface area (Å²) in [5.74, 6) is 0.926. The van der Waals surface area contributed by atoms with E-state index < -0.39 is 0 Å². The highest BCUT2D eigenvalue weighted by Crippen LogP contribution is 2.27. The highest BCUT2D eigenvalue weighted by atomic mass is 16.1. The van der Waals surface area contributed by atoms with Crippen LogP contribution in [-0.2, 0) is 24.1 Å². The molecule has 0 amide bonds. The minimum atomic E-state index is 0.177. The molecule has 0 aliphatic heterocycles. The monoisotopic (exact) mass is 266 g/mol. The number of benzene rings is 1. The molecular formula is C17H18N2O. The lowest BCUT2D eigenvalue weighted by Crippen LogP contribution is -2.00. The van der Waals surface area contributed by atoms with E-state index in [1.807, 2.05) is 6.07 Å². The second-order valence-electron chi connectivity index (χ2n) is 5.40. The number of rotatable bonds is 4. The predicted octanol–water partition coefficient (Wildman–Crippen LogP) is 3.15. The summed E-state index contributed by atoms with van der Waals surface area (Å²) < 4.78 is 0. The smallest absolute Gasteiger partial charge is 0.130 e. The molecule has 20 heavy (non-hydrogen) atoms. The summed E-state index contributed by atoms with van der Waals surface area (Å²) in [6.07, 6.45) is 6.54. The minimum Gasteiger partial charge on any atom is -0.300 e. The van der Waals surface area contributed by atoms with Gasteiger partial charge in [0.25, 0.3) is 0 Å². The Morgan fingerprint density at radius 2 is 2.05 bits per heavy atom. The van der Waals surface area contributed by atoms with Gasteiger partial charge in [0.1, 0.15) is 11.6 Å². The number of fused-ring (bicyclic) bond motifs is 1. The van der Waals surface area contributed by atoms with Gasteiger partial charge in [-0.25, -0.2) is 9.97 Å². The van der Waals surface area contributed by atoms with Crippen molar-refractivity contribution in [1.82, 2.24) is 9.97 Å². The molecule has 1 aliphatic carbocycles. The highest BCUT2D eigenvalue weighted by molar-refractivity contribution is 5.75. The maximum absolute atomic E-state index is 11.0. The minimum absolute atomic E-state index is 0.177. The lowest BCUT2D eigenvalue weighted by atomic mass is 10.0. The first-order valence-electron chi connectivity index (χ1n) is 7.16. The molecule has 0 radical (unpaired) electrons. The SMILES string of the molecule is CC(=O)CCc1nccc(-c2ccc3c(c2)CCC3)n1. The molecule has 1 aromatic heterocycles. The first kappa shape index (κ1) is 13.0. The molecule has 1 aromatic carbocycles. The fourth-order valence-corrected chi connectivity index (χ4v) is 2.70. The third-order valence-corrected chi connectivity index (χ3v) is 3.80. The normalized spacial score (nSPS) is 13.2. The van der Waals surface area contributed by atoms with Crippen LogP contribution >= 0.6 is 0 Å². The summed E-state index contributed by atoms with van der Waals surface area (Å²) in [5, 5.41) is 0. The molecule has 1 heterocycles. The van der Waals surface area contributed by atoms with Gasteiger partial charge in [-0.15, -0.1) is 0 Å². The van der Waals surface area contributed by atoms with Crippen LogP contribution in [-0.4, -0.2) is 15.8 Å². The van der Waals surface area contributed by atoms with E-state index in [-0.39, 0.29) is 5.78 Å². The lowest BCUT2D eigenvalue weighted by Gasteiger charge is -2.06. The second-order valence-corrected chi connectivity index (χ2v) is 5.40. The van der Waals surface area contributed by atoms with Crippen LogP contribution in [0.1, 0.15) is 36.7 Å². The number of hydrogen-bond donors (Lipinski definition) is 0. The van der Waals surface area contributed by atoms with E-state index in [0.717, 1.165) is 17.1 Å². The molecule has 0 fully saturated rings. The molecule has 0 spiro atoms. The van der Waals surface area contributed by atoms with Crippen molar-refractivity contribution in [2.24, 2.45) is 0 Å². The van der Waals surface area contributed by atoms with Gasteiger partial charge >= 0.3 is 0 Å². The zero-order valence-electron chi connectivity index (χ0n) is 11.7. The Hall–Kier alpha value is -2.03. The molecule has 1 aliphatic rings. The van der Waals surface area contributed by atoms with Crippen LogP contribution in [0.3, 0.4) is 0 Å². The van der Waals surface area contributed by atoms with Gasteiger partial charge in [-0.2, -0.15) is 0 Å². The maximum Gasteiger partial charge on any atom is 0.130 e. The second kappa shape index (κ2) is 5.53. The van der Waals surface area contributed by atoms with Gasteiger partial charge in [0, 0.05) is 24.6 Å². The maximum atomic E-state index is 11.0. The quantitative estimate of drug-likeness (QED) is 0.853. The van der Waals surface area contributed by atoms with E-state index in [1.165, 1.54) is 30.4 Å². The first-order chi connectivity index (χ1) is 9.72. The van der Waals surface area contributed by atoms with Crippen molar-refractivity contribution in [3.63, 3.8) is 0 Å². The average molecular weight is 266 g/mol. The van der Waals surface area contributed by atoms with Gasteiger partial charge in [0.2, 0.25) is 0 Å². The van der Waals surface area contributed by atoms with Crippen molar-refractivity contribution in [2.75, 3.05) is 0 Å². The first-order valence-corrected chi connectivity index (χ1v) is 7.16. The van der Waals surface area contributed by atoms with Crippen molar-refractivity contribution >= 4 is 5.78 Å². The molecule has 3 rings (SSSR count). The van der Waals surface area contributed by atoms with E-state index >= 15 is 0 Å². The Bertz CT molecular complexity index is 649. The van der Waals surface area contributed by atoms with Gasteiger partial charge in [0.05, 0.1) is 5.69 Å². The van der Waals surface area contributed by atoms with Gasteiger partial charge in [0.15, 0.2) is 0 Å². The Morgan fingerprint density at radius 3 is 2.90 bits per heavy atom. The summed E-state index contributed by atoms with van der Waals surface area (Å²) in [5.41, 5.74) is 5.02. The van der Waals surface area contributed by atoms with Gasteiger partial charge in [-0.1, -0.05) is 12.1 Å². The largest absolute Gasteiger partial charge is 0.300 e. The fourth-order valence-electron chi connectivity index (χ4n) is 2.70. The van der Waals surface area contributed by atoms with Gasteiger partial charge in [-0.05, 0) is 49.4 Å². The van der Waals surface area contributed by atoms with Gasteiger partial charge < -0.3 is 4.79 Å². The topological polar surface area (TPSA) is 42.9 Å². The van der Waals surface area contributed by atoms with E-state index in [1.54, 1.807) is 13.1 Å². The Kier molecular flexibility index (Phi) is 3.59. The Balaban J connectivity index is 1.86. The van der Waals surface area contributed by atoms with E-state index in [4.69, 9.17) is 0 Å². The van der Waals surface area contributed by atoms with E-state index in [0.29, 0.717) is 12.8 Å². The molecule has 0 saturated carbocycles. The number of aromatic nitrogens is 2. The number of ketones is 1. The molecule has 0 atom stereocenters. The predicted molar refractivity (Wildman–Crippen MR) is 78.5 cm³/mol. The lowest BCUT2D eigenvalue weighted by molar-refractivity contribution is -0.117. The molecule has 3 nitrogen and oxygen atoms in total. The third-order valence-electron chi connectivity index (χ3n) is 3.80. The average Bonchev–Trinajstić information content (AvgIpc) is 2.93. The Morgan fingerprint density at radius 1 is 1.20 bits per heavy atom. The Labute approximate surface area is 119 Å². The zero-order valence-corrected chi connectivity index (χ0v) is 11.7. The van der Waals surface area contributed by atoms with Crippen LogP contribution in [0.5, 0.6) is 0 Å². The number of nitrogens with zero attached hydrogens (tertiary/aromatic N) is 2. The molecule has 0 bridgehead atoms. The molecule has 3 heteroatoms. The molecule has 2 aromatic rings. The molecule has 0 saturated heterocycles.